The zero-order chi connectivity index (χ0) is 11.6. The SMILES string of the molecule is Cc1nc(C)c(C(C)NC(C)C(N)=O)s1. The van der Waals surface area contributed by atoms with Gasteiger partial charge in [-0.05, 0) is 27.7 Å². The molecule has 0 aliphatic carbocycles. The molecule has 1 aromatic heterocycles. The van der Waals surface area contributed by atoms with Gasteiger partial charge in [-0.3, -0.25) is 10.1 Å². The van der Waals surface area contributed by atoms with Crippen LogP contribution in [0.2, 0.25) is 0 Å². The van der Waals surface area contributed by atoms with Gasteiger partial charge in [-0.1, -0.05) is 0 Å². The standard InChI is InChI=1S/C10H17N3OS/c1-5(12-7(3)10(11)14)9-6(2)13-8(4)15-9/h5,7,12H,1-4H3,(H2,11,14). The summed E-state index contributed by atoms with van der Waals surface area (Å²) in [4.78, 5) is 16.4. The van der Waals surface area contributed by atoms with Gasteiger partial charge in [-0.2, -0.15) is 0 Å². The maximum absolute atomic E-state index is 10.9. The lowest BCUT2D eigenvalue weighted by molar-refractivity contribution is -0.119. The van der Waals surface area contributed by atoms with E-state index in [1.54, 1.807) is 18.3 Å². The number of rotatable bonds is 4. The summed E-state index contributed by atoms with van der Waals surface area (Å²) in [5, 5.41) is 4.19. The van der Waals surface area contributed by atoms with Crippen LogP contribution in [0.3, 0.4) is 0 Å². The monoisotopic (exact) mass is 227 g/mol. The molecule has 5 heteroatoms. The van der Waals surface area contributed by atoms with Gasteiger partial charge in [0.05, 0.1) is 16.7 Å². The maximum atomic E-state index is 10.9. The molecule has 1 amide bonds. The van der Waals surface area contributed by atoms with Crippen LogP contribution < -0.4 is 11.1 Å². The van der Waals surface area contributed by atoms with Gasteiger partial charge in [0.25, 0.3) is 0 Å². The van der Waals surface area contributed by atoms with Crippen molar-refractivity contribution in [2.75, 3.05) is 0 Å². The summed E-state index contributed by atoms with van der Waals surface area (Å²) in [6.45, 7) is 7.73. The Balaban J connectivity index is 2.72. The smallest absolute Gasteiger partial charge is 0.234 e. The third-order valence-electron chi connectivity index (χ3n) is 2.26. The van der Waals surface area contributed by atoms with E-state index >= 15 is 0 Å². The van der Waals surface area contributed by atoms with Crippen molar-refractivity contribution in [3.8, 4) is 0 Å². The highest BCUT2D eigenvalue weighted by Gasteiger charge is 2.17. The van der Waals surface area contributed by atoms with Gasteiger partial charge >= 0.3 is 0 Å². The Labute approximate surface area is 93.9 Å². The van der Waals surface area contributed by atoms with E-state index < -0.39 is 0 Å². The molecule has 3 N–H and O–H groups in total. The van der Waals surface area contributed by atoms with Crippen molar-refractivity contribution in [3.05, 3.63) is 15.6 Å². The van der Waals surface area contributed by atoms with Crippen molar-refractivity contribution in [1.29, 1.82) is 0 Å². The van der Waals surface area contributed by atoms with Gasteiger partial charge in [0.2, 0.25) is 5.91 Å². The molecule has 0 radical (unpaired) electrons. The Morgan fingerprint density at radius 3 is 2.47 bits per heavy atom. The minimum absolute atomic E-state index is 0.110. The second kappa shape index (κ2) is 4.72. The van der Waals surface area contributed by atoms with E-state index in [9.17, 15) is 4.79 Å². The normalized spacial score (nSPS) is 14.9. The lowest BCUT2D eigenvalue weighted by Crippen LogP contribution is -2.39. The number of aromatic nitrogens is 1. The van der Waals surface area contributed by atoms with Gasteiger partial charge in [0, 0.05) is 10.9 Å². The number of hydrogen-bond donors (Lipinski definition) is 2. The van der Waals surface area contributed by atoms with Crippen LogP contribution in [-0.2, 0) is 4.79 Å². The number of thiazole rings is 1. The van der Waals surface area contributed by atoms with Crippen molar-refractivity contribution in [1.82, 2.24) is 10.3 Å². The number of hydrogen-bond acceptors (Lipinski definition) is 4. The van der Waals surface area contributed by atoms with Gasteiger partial charge in [-0.15, -0.1) is 11.3 Å². The first-order chi connectivity index (χ1) is 6.91. The van der Waals surface area contributed by atoms with E-state index in [4.69, 9.17) is 5.73 Å². The topological polar surface area (TPSA) is 68.0 Å². The van der Waals surface area contributed by atoms with Gasteiger partial charge in [0.1, 0.15) is 0 Å². The number of nitrogens with one attached hydrogen (secondary N) is 1. The Bertz CT molecular complexity index is 362. The maximum Gasteiger partial charge on any atom is 0.234 e. The van der Waals surface area contributed by atoms with Crippen molar-refractivity contribution < 1.29 is 4.79 Å². The van der Waals surface area contributed by atoms with Crippen LogP contribution in [0.15, 0.2) is 0 Å². The number of carbonyl (C=O) groups excluding carboxylic acids is 1. The second-order valence-electron chi connectivity index (χ2n) is 3.69. The largest absolute Gasteiger partial charge is 0.368 e. The molecule has 0 aliphatic rings. The van der Waals surface area contributed by atoms with Crippen LogP contribution in [0.1, 0.15) is 35.5 Å². The Hall–Kier alpha value is -0.940. The predicted octanol–water partition coefficient (Wildman–Crippen LogP) is 1.28. The summed E-state index contributed by atoms with van der Waals surface area (Å²) in [5.74, 6) is -0.333. The molecule has 0 bridgehead atoms. The van der Waals surface area contributed by atoms with Crippen LogP contribution in [0.5, 0.6) is 0 Å². The van der Waals surface area contributed by atoms with Gasteiger partial charge in [0.15, 0.2) is 0 Å². The van der Waals surface area contributed by atoms with Crippen LogP contribution in [-0.4, -0.2) is 16.9 Å². The number of amides is 1. The van der Waals surface area contributed by atoms with E-state index in [1.165, 1.54) is 4.88 Å². The Morgan fingerprint density at radius 1 is 1.47 bits per heavy atom. The summed E-state index contributed by atoms with van der Waals surface area (Å²) < 4.78 is 0. The average molecular weight is 227 g/mol. The number of nitrogens with zero attached hydrogens (tertiary/aromatic N) is 1. The molecule has 0 aromatic carbocycles. The summed E-state index contributed by atoms with van der Waals surface area (Å²) in [6, 6.07) is -0.208. The Kier molecular flexibility index (Phi) is 3.82. The van der Waals surface area contributed by atoms with E-state index in [1.807, 2.05) is 20.8 Å². The van der Waals surface area contributed by atoms with E-state index in [2.05, 4.69) is 10.3 Å². The zero-order valence-corrected chi connectivity index (χ0v) is 10.3. The molecule has 1 heterocycles. The fourth-order valence-corrected chi connectivity index (χ4v) is 2.42. The number of primary amides is 1. The molecule has 0 aliphatic heterocycles. The van der Waals surface area contributed by atoms with Gasteiger partial charge < -0.3 is 5.73 Å². The molecule has 0 fully saturated rings. The van der Waals surface area contributed by atoms with Crippen molar-refractivity contribution in [2.45, 2.75) is 39.8 Å². The van der Waals surface area contributed by atoms with Crippen LogP contribution in [0.25, 0.3) is 0 Å². The second-order valence-corrected chi connectivity index (χ2v) is 4.93. The molecule has 84 valence electrons. The van der Waals surface area contributed by atoms with Crippen molar-refractivity contribution in [2.24, 2.45) is 5.73 Å². The lowest BCUT2D eigenvalue weighted by Gasteiger charge is -2.16. The molecule has 0 saturated carbocycles. The molecule has 4 nitrogen and oxygen atoms in total. The minimum Gasteiger partial charge on any atom is -0.368 e. The zero-order valence-electron chi connectivity index (χ0n) is 9.50. The number of carbonyl (C=O) groups is 1. The number of aryl methyl sites for hydroxylation is 2. The molecule has 2 unspecified atom stereocenters. The van der Waals surface area contributed by atoms with Crippen LogP contribution >= 0.6 is 11.3 Å². The predicted molar refractivity (Wildman–Crippen MR) is 61.8 cm³/mol. The molecule has 2 atom stereocenters. The molecule has 1 rings (SSSR count). The van der Waals surface area contributed by atoms with Crippen LogP contribution in [0, 0.1) is 13.8 Å². The fraction of sp³-hybridized carbons (Fsp3) is 0.600. The third-order valence-corrected chi connectivity index (χ3v) is 3.52. The molecule has 0 spiro atoms. The minimum atomic E-state index is -0.333. The molecular weight excluding hydrogens is 210 g/mol. The Morgan fingerprint density at radius 2 is 2.07 bits per heavy atom. The summed E-state index contributed by atoms with van der Waals surface area (Å²) in [7, 11) is 0. The summed E-state index contributed by atoms with van der Waals surface area (Å²) in [5.41, 5.74) is 6.21. The summed E-state index contributed by atoms with van der Waals surface area (Å²) >= 11 is 1.65. The van der Waals surface area contributed by atoms with E-state index in [-0.39, 0.29) is 18.0 Å². The molecule has 0 saturated heterocycles. The molecular formula is C10H17N3OS. The first-order valence-corrected chi connectivity index (χ1v) is 5.72. The first kappa shape index (κ1) is 12.1. The fourth-order valence-electron chi connectivity index (χ4n) is 1.48. The number of nitrogens with two attached hydrogens (primary N) is 1. The van der Waals surface area contributed by atoms with Crippen molar-refractivity contribution in [3.63, 3.8) is 0 Å². The summed E-state index contributed by atoms with van der Waals surface area (Å²) in [6.07, 6.45) is 0. The highest BCUT2D eigenvalue weighted by molar-refractivity contribution is 7.11. The molecule has 1 aromatic rings. The third kappa shape index (κ3) is 3.00. The van der Waals surface area contributed by atoms with Crippen LogP contribution in [0.4, 0.5) is 0 Å². The van der Waals surface area contributed by atoms with E-state index in [0.717, 1.165) is 10.7 Å². The lowest BCUT2D eigenvalue weighted by atomic mass is 10.2. The first-order valence-electron chi connectivity index (χ1n) is 4.91. The van der Waals surface area contributed by atoms with Gasteiger partial charge in [-0.25, -0.2) is 4.98 Å². The van der Waals surface area contributed by atoms with E-state index in [0.29, 0.717) is 0 Å². The average Bonchev–Trinajstić information content (AvgIpc) is 2.44. The highest BCUT2D eigenvalue weighted by atomic mass is 32.1. The molecule has 15 heavy (non-hydrogen) atoms. The quantitative estimate of drug-likeness (QED) is 0.814. The van der Waals surface area contributed by atoms with Crippen molar-refractivity contribution >= 4 is 17.2 Å². The highest BCUT2D eigenvalue weighted by Crippen LogP contribution is 2.24.